The van der Waals surface area contributed by atoms with E-state index in [1.165, 1.54) is 6.92 Å². The quantitative estimate of drug-likeness (QED) is 0.441. The summed E-state index contributed by atoms with van der Waals surface area (Å²) in [5.41, 5.74) is 2.46. The molecule has 1 aromatic carbocycles. The summed E-state index contributed by atoms with van der Waals surface area (Å²) in [7, 11) is 0. The van der Waals surface area contributed by atoms with Gasteiger partial charge in [-0.15, -0.1) is 0 Å². The molecule has 1 saturated carbocycles. The zero-order valence-electron chi connectivity index (χ0n) is 19.9. The van der Waals surface area contributed by atoms with Gasteiger partial charge < -0.3 is 18.9 Å². The predicted octanol–water partition coefficient (Wildman–Crippen LogP) is 3.91. The van der Waals surface area contributed by atoms with Crippen LogP contribution in [0.3, 0.4) is 0 Å². The zero-order valence-corrected chi connectivity index (χ0v) is 19.9. The van der Waals surface area contributed by atoms with Crippen molar-refractivity contribution >= 4 is 23.4 Å². The van der Waals surface area contributed by atoms with Crippen molar-refractivity contribution in [2.75, 3.05) is 19.8 Å². The molecule has 1 saturated heterocycles. The number of carbonyl (C=O) groups is 3. The summed E-state index contributed by atoms with van der Waals surface area (Å²) in [5, 5.41) is 0. The Kier molecular flexibility index (Phi) is 7.46. The minimum atomic E-state index is -0.553. The molecule has 4 rings (SSSR count). The van der Waals surface area contributed by atoms with Crippen LogP contribution in [0.2, 0.25) is 0 Å². The van der Waals surface area contributed by atoms with E-state index in [1.54, 1.807) is 25.1 Å². The first-order valence-corrected chi connectivity index (χ1v) is 11.9. The molecule has 0 radical (unpaired) electrons. The number of nitrogens with zero attached hydrogens (tertiary/aromatic N) is 1. The third-order valence-electron chi connectivity index (χ3n) is 6.43. The van der Waals surface area contributed by atoms with E-state index in [4.69, 9.17) is 18.9 Å². The minimum absolute atomic E-state index is 0.0638. The van der Waals surface area contributed by atoms with Crippen molar-refractivity contribution in [2.45, 2.75) is 64.9 Å². The molecule has 3 atom stereocenters. The largest absolute Gasteiger partial charge is 0.490 e. The maximum absolute atomic E-state index is 13.3. The Morgan fingerprint density at radius 3 is 2.68 bits per heavy atom. The van der Waals surface area contributed by atoms with Crippen LogP contribution in [0.1, 0.15) is 64.4 Å². The van der Waals surface area contributed by atoms with Gasteiger partial charge >= 0.3 is 11.9 Å². The lowest BCUT2D eigenvalue weighted by Gasteiger charge is -2.35. The molecule has 8 heteroatoms. The van der Waals surface area contributed by atoms with Gasteiger partial charge in [-0.3, -0.25) is 14.6 Å². The number of esters is 2. The van der Waals surface area contributed by atoms with E-state index in [0.717, 1.165) is 30.5 Å². The Balaban J connectivity index is 1.73. The second kappa shape index (κ2) is 10.5. The molecule has 34 heavy (non-hydrogen) atoms. The van der Waals surface area contributed by atoms with Gasteiger partial charge in [0.1, 0.15) is 12.4 Å². The predicted molar refractivity (Wildman–Crippen MR) is 124 cm³/mol. The molecule has 3 aliphatic rings. The first kappa shape index (κ1) is 24.1. The van der Waals surface area contributed by atoms with Crippen LogP contribution in [0.25, 0.3) is 0 Å². The molecule has 0 amide bonds. The van der Waals surface area contributed by atoms with Gasteiger partial charge in [0.05, 0.1) is 24.2 Å². The smallest absolute Gasteiger partial charge is 0.336 e. The van der Waals surface area contributed by atoms with Crippen LogP contribution in [0, 0.1) is 5.92 Å². The fourth-order valence-corrected chi connectivity index (χ4v) is 4.99. The summed E-state index contributed by atoms with van der Waals surface area (Å²) >= 11 is 0. The van der Waals surface area contributed by atoms with Crippen LogP contribution in [0.5, 0.6) is 11.5 Å². The number of carbonyl (C=O) groups excluding carboxylic acids is 3. The summed E-state index contributed by atoms with van der Waals surface area (Å²) in [4.78, 5) is 42.6. The number of aliphatic imine (C=N–C) groups is 1. The molecule has 0 N–H and O–H groups in total. The monoisotopic (exact) mass is 469 g/mol. The molecule has 2 heterocycles. The highest BCUT2D eigenvalue weighted by atomic mass is 16.6. The van der Waals surface area contributed by atoms with Gasteiger partial charge in [0.25, 0.3) is 0 Å². The highest BCUT2D eigenvalue weighted by Gasteiger charge is 2.44. The van der Waals surface area contributed by atoms with Crippen molar-refractivity contribution in [3.05, 3.63) is 35.0 Å². The second-order valence-electron chi connectivity index (χ2n) is 8.84. The van der Waals surface area contributed by atoms with Gasteiger partial charge in [0.2, 0.25) is 0 Å². The van der Waals surface area contributed by atoms with Crippen molar-refractivity contribution in [3.8, 4) is 11.5 Å². The van der Waals surface area contributed by atoms with E-state index >= 15 is 0 Å². The number of ketones is 1. The Morgan fingerprint density at radius 1 is 1.15 bits per heavy atom. The summed E-state index contributed by atoms with van der Waals surface area (Å²) in [5.74, 6) is -1.29. The summed E-state index contributed by atoms with van der Waals surface area (Å²) < 4.78 is 22.3. The van der Waals surface area contributed by atoms with E-state index in [2.05, 4.69) is 4.99 Å². The average Bonchev–Trinajstić information content (AvgIpc) is 3.31. The minimum Gasteiger partial charge on any atom is -0.490 e. The van der Waals surface area contributed by atoms with E-state index in [1.807, 2.05) is 6.92 Å². The number of allylic oxidation sites excluding steroid dienone is 1. The van der Waals surface area contributed by atoms with Gasteiger partial charge in [0, 0.05) is 37.3 Å². The molecule has 2 aliphatic heterocycles. The molecule has 0 bridgehead atoms. The second-order valence-corrected chi connectivity index (χ2v) is 8.84. The summed E-state index contributed by atoms with van der Waals surface area (Å²) in [6.45, 7) is 6.15. The Hall–Kier alpha value is -3.00. The van der Waals surface area contributed by atoms with Crippen LogP contribution in [0.4, 0.5) is 0 Å². The van der Waals surface area contributed by atoms with Crippen molar-refractivity contribution in [1.29, 1.82) is 0 Å². The summed E-state index contributed by atoms with van der Waals surface area (Å²) in [6, 6.07) is 5.17. The average molecular weight is 470 g/mol. The third-order valence-corrected chi connectivity index (χ3v) is 6.43. The molecule has 1 aromatic rings. The fourth-order valence-electron chi connectivity index (χ4n) is 4.99. The maximum atomic E-state index is 13.3. The highest BCUT2D eigenvalue weighted by molar-refractivity contribution is 6.11. The molecule has 182 valence electrons. The number of benzene rings is 1. The Bertz CT molecular complexity index is 1040. The van der Waals surface area contributed by atoms with Crippen LogP contribution < -0.4 is 9.47 Å². The van der Waals surface area contributed by atoms with Crippen LogP contribution in [-0.2, 0) is 23.9 Å². The number of hydrogen-bond acceptors (Lipinski definition) is 8. The molecule has 2 fully saturated rings. The van der Waals surface area contributed by atoms with E-state index in [0.29, 0.717) is 48.8 Å². The Labute approximate surface area is 199 Å². The molecule has 1 unspecified atom stereocenters. The molecular formula is C26H31NO7. The highest BCUT2D eigenvalue weighted by Crippen LogP contribution is 2.45. The fraction of sp³-hybridized carbons (Fsp3) is 0.538. The van der Waals surface area contributed by atoms with Gasteiger partial charge in [-0.25, -0.2) is 4.79 Å². The molecule has 8 nitrogen and oxygen atoms in total. The molecule has 1 aliphatic carbocycles. The normalized spacial score (nSPS) is 24.4. The SMILES string of the molecule is CCOc1cc([C@@H]2C(C(=O)OC[C@H]3CCCO3)=C(C)N=C3CCCC(=O)C32)ccc1OC(C)=O. The van der Waals surface area contributed by atoms with E-state index in [9.17, 15) is 14.4 Å². The van der Waals surface area contributed by atoms with Crippen LogP contribution in [0.15, 0.2) is 34.5 Å². The lowest BCUT2D eigenvalue weighted by atomic mass is 9.69. The first-order chi connectivity index (χ1) is 16.4. The van der Waals surface area contributed by atoms with Crippen molar-refractivity contribution < 1.29 is 33.3 Å². The zero-order chi connectivity index (χ0) is 24.2. The molecule has 0 aromatic heterocycles. The first-order valence-electron chi connectivity index (χ1n) is 11.9. The lowest BCUT2D eigenvalue weighted by Crippen LogP contribution is -2.39. The lowest BCUT2D eigenvalue weighted by molar-refractivity contribution is -0.142. The van der Waals surface area contributed by atoms with E-state index in [-0.39, 0.29) is 18.5 Å². The standard InChI is InChI=1S/C26H31NO7/c1-4-31-22-13-17(10-11-21(22)34-16(3)28)24-23(26(30)33-14-18-7-6-12-32-18)15(2)27-19-8-5-9-20(29)25(19)24/h10-11,13,18,24-25H,4-9,12,14H2,1-3H3/t18-,24-,25?/m1/s1. The van der Waals surface area contributed by atoms with Gasteiger partial charge in [-0.05, 0) is 57.2 Å². The molecular weight excluding hydrogens is 438 g/mol. The van der Waals surface area contributed by atoms with Crippen LogP contribution in [-0.4, -0.2) is 49.4 Å². The number of rotatable bonds is 7. The van der Waals surface area contributed by atoms with Crippen molar-refractivity contribution in [1.82, 2.24) is 0 Å². The van der Waals surface area contributed by atoms with Gasteiger partial charge in [-0.1, -0.05) is 6.07 Å². The van der Waals surface area contributed by atoms with Crippen LogP contribution >= 0.6 is 0 Å². The van der Waals surface area contributed by atoms with Crippen molar-refractivity contribution in [3.63, 3.8) is 0 Å². The number of hydrogen-bond donors (Lipinski definition) is 0. The van der Waals surface area contributed by atoms with Gasteiger partial charge in [0.15, 0.2) is 11.5 Å². The number of Topliss-reactive ketones (excluding diaryl/α,β-unsaturated/α-hetero) is 1. The summed E-state index contributed by atoms with van der Waals surface area (Å²) in [6.07, 6.45) is 3.62. The van der Waals surface area contributed by atoms with Crippen molar-refractivity contribution in [2.24, 2.45) is 10.9 Å². The topological polar surface area (TPSA) is 100 Å². The van der Waals surface area contributed by atoms with Gasteiger partial charge in [-0.2, -0.15) is 0 Å². The Morgan fingerprint density at radius 2 is 1.97 bits per heavy atom. The number of ether oxygens (including phenoxy) is 4. The number of fused-ring (bicyclic) bond motifs is 1. The third kappa shape index (κ3) is 5.06. The van der Waals surface area contributed by atoms with E-state index < -0.39 is 23.8 Å². The maximum Gasteiger partial charge on any atom is 0.336 e. The molecule has 0 spiro atoms.